The van der Waals surface area contributed by atoms with Crippen LogP contribution in [0.15, 0.2) is 36.5 Å². The Morgan fingerprint density at radius 1 is 1.50 bits per heavy atom. The SMILES string of the molecule is C=C1CCNC(Cc2ccccn2)C1C(=O)N(C)C(F)(F)F. The fraction of sp³-hybridized carbons (Fsp3) is 0.467. The summed E-state index contributed by atoms with van der Waals surface area (Å²) in [6.45, 7) is 4.39. The van der Waals surface area contributed by atoms with Gasteiger partial charge in [-0.1, -0.05) is 18.2 Å². The minimum absolute atomic E-state index is 0.165. The van der Waals surface area contributed by atoms with Crippen LogP contribution in [0.25, 0.3) is 0 Å². The van der Waals surface area contributed by atoms with Gasteiger partial charge < -0.3 is 5.32 Å². The number of pyridine rings is 1. The highest BCUT2D eigenvalue weighted by atomic mass is 19.4. The second-order valence-corrected chi connectivity index (χ2v) is 5.34. The van der Waals surface area contributed by atoms with Gasteiger partial charge in [0.25, 0.3) is 0 Å². The number of hydrogen-bond donors (Lipinski definition) is 1. The topological polar surface area (TPSA) is 45.2 Å². The van der Waals surface area contributed by atoms with Gasteiger partial charge in [0, 0.05) is 31.4 Å². The Morgan fingerprint density at radius 2 is 2.23 bits per heavy atom. The molecule has 120 valence electrons. The molecule has 0 aromatic carbocycles. The summed E-state index contributed by atoms with van der Waals surface area (Å²) in [5, 5.41) is 3.12. The highest BCUT2D eigenvalue weighted by Crippen LogP contribution is 2.29. The van der Waals surface area contributed by atoms with E-state index < -0.39 is 24.2 Å². The van der Waals surface area contributed by atoms with Crippen molar-refractivity contribution in [1.29, 1.82) is 0 Å². The van der Waals surface area contributed by atoms with Gasteiger partial charge in [-0.25, -0.2) is 0 Å². The van der Waals surface area contributed by atoms with Crippen molar-refractivity contribution in [1.82, 2.24) is 15.2 Å². The Hall–Kier alpha value is -1.89. The van der Waals surface area contributed by atoms with Crippen molar-refractivity contribution in [2.75, 3.05) is 13.6 Å². The molecule has 0 bridgehead atoms. The lowest BCUT2D eigenvalue weighted by molar-refractivity contribution is -0.235. The molecule has 2 atom stereocenters. The third-order valence-electron chi connectivity index (χ3n) is 3.83. The molecule has 1 aliphatic rings. The molecular weight excluding hydrogens is 295 g/mol. The molecular formula is C15H18F3N3O. The number of hydrogen-bond acceptors (Lipinski definition) is 3. The molecule has 1 N–H and O–H groups in total. The molecule has 2 rings (SSSR count). The maximum Gasteiger partial charge on any atom is 0.486 e. The van der Waals surface area contributed by atoms with Gasteiger partial charge in [0.1, 0.15) is 0 Å². The lowest BCUT2D eigenvalue weighted by Gasteiger charge is -2.36. The van der Waals surface area contributed by atoms with Crippen LogP contribution in [-0.4, -0.2) is 41.7 Å². The summed E-state index contributed by atoms with van der Waals surface area (Å²) in [4.78, 5) is 16.2. The smallest absolute Gasteiger partial charge is 0.312 e. The molecule has 4 nitrogen and oxygen atoms in total. The minimum Gasteiger partial charge on any atom is -0.312 e. The van der Waals surface area contributed by atoms with E-state index in [2.05, 4.69) is 16.9 Å². The van der Waals surface area contributed by atoms with Crippen molar-refractivity contribution in [3.05, 3.63) is 42.2 Å². The Morgan fingerprint density at radius 3 is 2.82 bits per heavy atom. The minimum atomic E-state index is -4.69. The Bertz CT molecular complexity index is 545. The van der Waals surface area contributed by atoms with Crippen LogP contribution in [0.3, 0.4) is 0 Å². The molecule has 0 aliphatic carbocycles. The molecule has 1 amide bonds. The normalized spacial score (nSPS) is 22.5. The number of aromatic nitrogens is 1. The van der Waals surface area contributed by atoms with Gasteiger partial charge in [-0.05, 0) is 25.1 Å². The van der Waals surface area contributed by atoms with Crippen molar-refractivity contribution in [2.24, 2.45) is 5.92 Å². The lowest BCUT2D eigenvalue weighted by Crippen LogP contribution is -2.53. The molecule has 1 aromatic heterocycles. The fourth-order valence-electron chi connectivity index (χ4n) is 2.59. The van der Waals surface area contributed by atoms with Crippen molar-refractivity contribution in [2.45, 2.75) is 25.2 Å². The first-order chi connectivity index (χ1) is 10.3. The van der Waals surface area contributed by atoms with E-state index in [1.807, 2.05) is 0 Å². The number of nitrogens with one attached hydrogen (secondary N) is 1. The standard InChI is InChI=1S/C15H18F3N3O/c1-10-6-8-20-12(9-11-5-3-4-7-19-11)13(10)14(22)21(2)15(16,17)18/h3-5,7,12-13,20H,1,6,8-9H2,2H3. The molecule has 2 unspecified atom stereocenters. The monoisotopic (exact) mass is 313 g/mol. The van der Waals surface area contributed by atoms with E-state index in [-0.39, 0.29) is 4.90 Å². The van der Waals surface area contributed by atoms with Gasteiger partial charge in [-0.3, -0.25) is 14.7 Å². The summed E-state index contributed by atoms with van der Waals surface area (Å²) in [5.74, 6) is -1.88. The second kappa shape index (κ2) is 6.48. The summed E-state index contributed by atoms with van der Waals surface area (Å²) in [5.41, 5.74) is 1.25. The van der Waals surface area contributed by atoms with E-state index in [9.17, 15) is 18.0 Å². The Balaban J connectivity index is 2.20. The summed E-state index contributed by atoms with van der Waals surface area (Å²) in [6.07, 6.45) is -2.21. The first kappa shape index (κ1) is 16.5. The molecule has 22 heavy (non-hydrogen) atoms. The number of alkyl halides is 3. The van der Waals surface area contributed by atoms with E-state index in [1.54, 1.807) is 24.4 Å². The number of halogens is 3. The average Bonchev–Trinajstić information content (AvgIpc) is 2.46. The van der Waals surface area contributed by atoms with E-state index in [0.29, 0.717) is 25.0 Å². The van der Waals surface area contributed by atoms with Gasteiger partial charge in [-0.2, -0.15) is 0 Å². The van der Waals surface area contributed by atoms with E-state index >= 15 is 0 Å². The molecule has 0 spiro atoms. The first-order valence-electron chi connectivity index (χ1n) is 6.96. The lowest BCUT2D eigenvalue weighted by atomic mass is 9.83. The quantitative estimate of drug-likeness (QED) is 0.687. The zero-order chi connectivity index (χ0) is 16.3. The Kier molecular flexibility index (Phi) is 4.85. The maximum atomic E-state index is 12.8. The van der Waals surface area contributed by atoms with E-state index in [4.69, 9.17) is 0 Å². The van der Waals surface area contributed by atoms with Gasteiger partial charge >= 0.3 is 6.30 Å². The summed E-state index contributed by atoms with van der Waals surface area (Å²) >= 11 is 0. The summed E-state index contributed by atoms with van der Waals surface area (Å²) in [6, 6.07) is 4.91. The Labute approximate surface area is 127 Å². The van der Waals surface area contributed by atoms with E-state index in [1.165, 1.54) is 0 Å². The van der Waals surface area contributed by atoms with Crippen LogP contribution in [-0.2, 0) is 11.2 Å². The maximum absolute atomic E-state index is 12.8. The van der Waals surface area contributed by atoms with Crippen LogP contribution in [0.2, 0.25) is 0 Å². The number of amides is 1. The number of carbonyl (C=O) groups is 1. The van der Waals surface area contributed by atoms with Crippen LogP contribution in [0.4, 0.5) is 13.2 Å². The zero-order valence-corrected chi connectivity index (χ0v) is 12.2. The van der Waals surface area contributed by atoms with E-state index in [0.717, 1.165) is 12.7 Å². The highest BCUT2D eigenvalue weighted by molar-refractivity contribution is 5.82. The molecule has 1 saturated heterocycles. The van der Waals surface area contributed by atoms with Crippen molar-refractivity contribution < 1.29 is 18.0 Å². The number of rotatable bonds is 3. The van der Waals surface area contributed by atoms with Gasteiger partial charge in [0.15, 0.2) is 0 Å². The number of piperidine rings is 1. The predicted molar refractivity (Wildman–Crippen MR) is 75.8 cm³/mol. The van der Waals surface area contributed by atoms with Crippen LogP contribution < -0.4 is 5.32 Å². The number of carbonyl (C=O) groups excluding carboxylic acids is 1. The molecule has 2 heterocycles. The van der Waals surface area contributed by atoms with Gasteiger partial charge in [0.2, 0.25) is 5.91 Å². The number of nitrogens with zero attached hydrogens (tertiary/aromatic N) is 2. The van der Waals surface area contributed by atoms with Crippen molar-refractivity contribution in [3.63, 3.8) is 0 Å². The summed E-state index contributed by atoms with van der Waals surface area (Å²) < 4.78 is 38.3. The molecule has 1 aromatic rings. The fourth-order valence-corrected chi connectivity index (χ4v) is 2.59. The summed E-state index contributed by atoms with van der Waals surface area (Å²) in [7, 11) is 0.752. The van der Waals surface area contributed by atoms with Gasteiger partial charge in [-0.15, -0.1) is 13.2 Å². The molecule has 1 aliphatic heterocycles. The van der Waals surface area contributed by atoms with Crippen molar-refractivity contribution in [3.8, 4) is 0 Å². The predicted octanol–water partition coefficient (Wildman–Crippen LogP) is 2.14. The van der Waals surface area contributed by atoms with Crippen LogP contribution >= 0.6 is 0 Å². The molecule has 0 radical (unpaired) electrons. The van der Waals surface area contributed by atoms with Crippen LogP contribution in [0.5, 0.6) is 0 Å². The van der Waals surface area contributed by atoms with Crippen LogP contribution in [0.1, 0.15) is 12.1 Å². The zero-order valence-electron chi connectivity index (χ0n) is 12.2. The van der Waals surface area contributed by atoms with Gasteiger partial charge in [0.05, 0.1) is 5.92 Å². The third kappa shape index (κ3) is 3.65. The second-order valence-electron chi connectivity index (χ2n) is 5.34. The van der Waals surface area contributed by atoms with Crippen LogP contribution in [0, 0.1) is 5.92 Å². The molecule has 1 fully saturated rings. The van der Waals surface area contributed by atoms with Crippen molar-refractivity contribution >= 4 is 5.91 Å². The largest absolute Gasteiger partial charge is 0.486 e. The first-order valence-corrected chi connectivity index (χ1v) is 6.96. The highest BCUT2D eigenvalue weighted by Gasteiger charge is 2.44. The average molecular weight is 313 g/mol. The third-order valence-corrected chi connectivity index (χ3v) is 3.83. The molecule has 0 saturated carbocycles. The molecule has 7 heteroatoms.